The van der Waals surface area contributed by atoms with Gasteiger partial charge in [-0.15, -0.1) is 11.3 Å². The number of pyridine rings is 1. The van der Waals surface area contributed by atoms with Crippen LogP contribution in [0, 0.1) is 11.2 Å². The highest BCUT2D eigenvalue weighted by atomic mass is 32.1. The third kappa shape index (κ3) is 3.77. The molecule has 2 heterocycles. The van der Waals surface area contributed by atoms with Crippen LogP contribution in [0.1, 0.15) is 20.8 Å². The first-order valence-electron chi connectivity index (χ1n) is 7.96. The molecule has 3 nitrogen and oxygen atoms in total. The van der Waals surface area contributed by atoms with Crippen molar-refractivity contribution in [2.75, 3.05) is 5.32 Å². The van der Waals surface area contributed by atoms with Gasteiger partial charge in [0.2, 0.25) is 5.91 Å². The number of nitrogens with zero attached hydrogens (tertiary/aromatic N) is 1. The van der Waals surface area contributed by atoms with E-state index in [4.69, 9.17) is 0 Å². The smallest absolute Gasteiger partial charge is 0.229 e. The van der Waals surface area contributed by atoms with Crippen LogP contribution in [0.3, 0.4) is 0 Å². The van der Waals surface area contributed by atoms with E-state index >= 15 is 0 Å². The van der Waals surface area contributed by atoms with Gasteiger partial charge in [-0.2, -0.15) is 0 Å². The van der Waals surface area contributed by atoms with Crippen molar-refractivity contribution < 1.29 is 9.18 Å². The Labute approximate surface area is 150 Å². The number of thiophene rings is 1. The number of rotatable bonds is 3. The van der Waals surface area contributed by atoms with Gasteiger partial charge < -0.3 is 5.32 Å². The molecule has 0 aliphatic heterocycles. The minimum Gasteiger partial charge on any atom is -0.325 e. The molecule has 0 unspecified atom stereocenters. The van der Waals surface area contributed by atoms with Crippen LogP contribution in [-0.2, 0) is 4.79 Å². The number of carbonyl (C=O) groups is 1. The number of nitrogens with one attached hydrogen (secondary N) is 1. The number of aromatic nitrogens is 1. The Balaban J connectivity index is 1.99. The molecule has 0 aliphatic carbocycles. The highest BCUT2D eigenvalue weighted by Crippen LogP contribution is 2.32. The number of amides is 1. The molecule has 0 saturated heterocycles. The fraction of sp³-hybridized carbons (Fsp3) is 0.200. The van der Waals surface area contributed by atoms with Crippen LogP contribution >= 0.6 is 11.3 Å². The summed E-state index contributed by atoms with van der Waals surface area (Å²) in [5.41, 5.74) is 1.55. The maximum Gasteiger partial charge on any atom is 0.229 e. The number of anilines is 1. The number of carbonyl (C=O) groups excluding carboxylic acids is 1. The van der Waals surface area contributed by atoms with Crippen LogP contribution in [0.4, 0.5) is 10.1 Å². The van der Waals surface area contributed by atoms with Gasteiger partial charge in [0.25, 0.3) is 0 Å². The first kappa shape index (κ1) is 17.3. The van der Waals surface area contributed by atoms with Gasteiger partial charge in [0.05, 0.1) is 5.69 Å². The van der Waals surface area contributed by atoms with Crippen LogP contribution in [0.15, 0.2) is 54.0 Å². The number of benzene rings is 1. The fourth-order valence-electron chi connectivity index (χ4n) is 2.32. The molecular weight excluding hydrogens is 335 g/mol. The Morgan fingerprint density at radius 3 is 2.56 bits per heavy atom. The summed E-state index contributed by atoms with van der Waals surface area (Å²) < 4.78 is 14.7. The van der Waals surface area contributed by atoms with Crippen molar-refractivity contribution >= 4 is 22.9 Å². The normalized spacial score (nSPS) is 11.4. The second kappa shape index (κ2) is 6.76. The first-order chi connectivity index (χ1) is 11.9. The predicted molar refractivity (Wildman–Crippen MR) is 101 cm³/mol. The molecular formula is C20H19FN2OS. The van der Waals surface area contributed by atoms with Gasteiger partial charge in [-0.05, 0) is 23.6 Å². The van der Waals surface area contributed by atoms with Crippen molar-refractivity contribution in [3.05, 3.63) is 59.9 Å². The minimum absolute atomic E-state index is 0.129. The Bertz CT molecular complexity index is 898. The van der Waals surface area contributed by atoms with E-state index in [2.05, 4.69) is 10.3 Å². The van der Waals surface area contributed by atoms with Gasteiger partial charge in [-0.25, -0.2) is 4.39 Å². The quantitative estimate of drug-likeness (QED) is 0.665. The molecule has 0 aliphatic rings. The van der Waals surface area contributed by atoms with E-state index in [1.54, 1.807) is 30.5 Å². The Morgan fingerprint density at radius 2 is 1.92 bits per heavy atom. The minimum atomic E-state index is -0.540. The zero-order valence-corrected chi connectivity index (χ0v) is 15.2. The average molecular weight is 354 g/mol. The van der Waals surface area contributed by atoms with Crippen molar-refractivity contribution in [2.45, 2.75) is 20.8 Å². The lowest BCUT2D eigenvalue weighted by atomic mass is 9.95. The monoisotopic (exact) mass is 354 g/mol. The summed E-state index contributed by atoms with van der Waals surface area (Å²) in [6.07, 6.45) is 1.66. The number of halogens is 1. The van der Waals surface area contributed by atoms with Gasteiger partial charge >= 0.3 is 0 Å². The molecule has 0 fully saturated rings. The van der Waals surface area contributed by atoms with Gasteiger partial charge in [0.1, 0.15) is 11.5 Å². The first-order valence-corrected chi connectivity index (χ1v) is 8.84. The van der Waals surface area contributed by atoms with Crippen molar-refractivity contribution in [1.82, 2.24) is 4.98 Å². The molecule has 25 heavy (non-hydrogen) atoms. The van der Waals surface area contributed by atoms with E-state index in [1.807, 2.05) is 38.3 Å². The van der Waals surface area contributed by atoms with Crippen molar-refractivity contribution in [3.63, 3.8) is 0 Å². The molecule has 3 aromatic rings. The number of para-hydroxylation sites is 1. The maximum atomic E-state index is 14.7. The molecule has 2 aromatic heterocycles. The standard InChI is InChI=1S/C20H19FN2OS/c1-20(2,3)19(24)23-16-8-5-4-7-14(16)18-15(21)11-13(12-22-18)17-9-6-10-25-17/h4-12H,1-3H3,(H,23,24). The molecule has 1 aromatic carbocycles. The van der Waals surface area contributed by atoms with Crippen LogP contribution in [-0.4, -0.2) is 10.9 Å². The lowest BCUT2D eigenvalue weighted by molar-refractivity contribution is -0.123. The van der Waals surface area contributed by atoms with E-state index in [0.29, 0.717) is 11.3 Å². The summed E-state index contributed by atoms with van der Waals surface area (Å²) in [4.78, 5) is 17.6. The summed E-state index contributed by atoms with van der Waals surface area (Å²) in [5, 5.41) is 4.82. The molecule has 0 saturated carbocycles. The molecule has 5 heteroatoms. The third-order valence-corrected chi connectivity index (χ3v) is 4.68. The van der Waals surface area contributed by atoms with E-state index in [0.717, 1.165) is 10.4 Å². The molecule has 3 rings (SSSR count). The van der Waals surface area contributed by atoms with Crippen molar-refractivity contribution in [2.24, 2.45) is 5.41 Å². The summed E-state index contributed by atoms with van der Waals surface area (Å²) in [7, 11) is 0. The van der Waals surface area contributed by atoms with E-state index in [9.17, 15) is 9.18 Å². The van der Waals surface area contributed by atoms with Crippen LogP contribution < -0.4 is 5.32 Å². The fourth-order valence-corrected chi connectivity index (χ4v) is 3.03. The van der Waals surface area contributed by atoms with E-state index in [-0.39, 0.29) is 11.6 Å². The SMILES string of the molecule is CC(C)(C)C(=O)Nc1ccccc1-c1ncc(-c2cccs2)cc1F. The Kier molecular flexibility index (Phi) is 4.68. The molecule has 0 atom stereocenters. The number of hydrogen-bond acceptors (Lipinski definition) is 3. The summed E-state index contributed by atoms with van der Waals surface area (Å²) in [6, 6.07) is 12.5. The molecule has 1 amide bonds. The third-order valence-electron chi connectivity index (χ3n) is 3.76. The summed E-state index contributed by atoms with van der Waals surface area (Å²) in [6.45, 7) is 5.50. The second-order valence-corrected chi connectivity index (χ2v) is 7.73. The van der Waals surface area contributed by atoms with Gasteiger partial charge in [0.15, 0.2) is 0 Å². The van der Waals surface area contributed by atoms with Crippen LogP contribution in [0.2, 0.25) is 0 Å². The molecule has 0 radical (unpaired) electrons. The molecule has 1 N–H and O–H groups in total. The van der Waals surface area contributed by atoms with Crippen molar-refractivity contribution in [1.29, 1.82) is 0 Å². The van der Waals surface area contributed by atoms with E-state index in [1.165, 1.54) is 17.4 Å². The number of hydrogen-bond donors (Lipinski definition) is 1. The zero-order valence-electron chi connectivity index (χ0n) is 14.3. The summed E-state index contributed by atoms with van der Waals surface area (Å²) >= 11 is 1.54. The highest BCUT2D eigenvalue weighted by Gasteiger charge is 2.23. The molecule has 128 valence electrons. The van der Waals surface area contributed by atoms with Crippen LogP contribution in [0.25, 0.3) is 21.7 Å². The Hall–Kier alpha value is -2.53. The largest absolute Gasteiger partial charge is 0.325 e. The van der Waals surface area contributed by atoms with Gasteiger partial charge in [-0.1, -0.05) is 45.0 Å². The molecule has 0 spiro atoms. The van der Waals surface area contributed by atoms with Gasteiger partial charge in [0, 0.05) is 27.6 Å². The molecule has 0 bridgehead atoms. The second-order valence-electron chi connectivity index (χ2n) is 6.78. The lowest BCUT2D eigenvalue weighted by Crippen LogP contribution is -2.27. The van der Waals surface area contributed by atoms with Gasteiger partial charge in [-0.3, -0.25) is 9.78 Å². The van der Waals surface area contributed by atoms with Crippen molar-refractivity contribution in [3.8, 4) is 21.7 Å². The summed E-state index contributed by atoms with van der Waals surface area (Å²) in [5.74, 6) is -0.543. The van der Waals surface area contributed by atoms with E-state index < -0.39 is 11.2 Å². The zero-order chi connectivity index (χ0) is 18.0. The Morgan fingerprint density at radius 1 is 1.16 bits per heavy atom. The average Bonchev–Trinajstić information content (AvgIpc) is 3.09. The topological polar surface area (TPSA) is 42.0 Å². The lowest BCUT2D eigenvalue weighted by Gasteiger charge is -2.19. The van der Waals surface area contributed by atoms with Crippen LogP contribution in [0.5, 0.6) is 0 Å². The highest BCUT2D eigenvalue weighted by molar-refractivity contribution is 7.13. The predicted octanol–water partition coefficient (Wildman–Crippen LogP) is 5.60. The maximum absolute atomic E-state index is 14.7.